The smallest absolute Gasteiger partial charge is 0.119 e. The lowest BCUT2D eigenvalue weighted by molar-refractivity contribution is 0.160. The summed E-state index contributed by atoms with van der Waals surface area (Å²) in [4.78, 5) is 2.54. The Morgan fingerprint density at radius 3 is 3.11 bits per heavy atom. The molecule has 0 spiro atoms. The predicted octanol–water partition coefficient (Wildman–Crippen LogP) is 2.06. The molecule has 1 fully saturated rings. The van der Waals surface area contributed by atoms with E-state index in [4.69, 9.17) is 4.74 Å². The molecule has 1 aliphatic heterocycles. The number of hydrogen-bond donors (Lipinski definition) is 1. The van der Waals surface area contributed by atoms with Gasteiger partial charge >= 0.3 is 0 Å². The zero-order valence-electron chi connectivity index (χ0n) is 11.5. The van der Waals surface area contributed by atoms with Crippen molar-refractivity contribution in [3.05, 3.63) is 29.8 Å². The number of aryl methyl sites for hydroxylation is 1. The zero-order chi connectivity index (χ0) is 12.8. The summed E-state index contributed by atoms with van der Waals surface area (Å²) in [6.45, 7) is 9.70. The molecule has 0 amide bonds. The van der Waals surface area contributed by atoms with E-state index < -0.39 is 0 Å². The van der Waals surface area contributed by atoms with Crippen LogP contribution in [0.5, 0.6) is 5.75 Å². The fourth-order valence-corrected chi connectivity index (χ4v) is 2.38. The number of hydrogen-bond acceptors (Lipinski definition) is 3. The summed E-state index contributed by atoms with van der Waals surface area (Å²) in [6.07, 6.45) is 1.10. The summed E-state index contributed by atoms with van der Waals surface area (Å²) >= 11 is 0. The van der Waals surface area contributed by atoms with Gasteiger partial charge in [-0.05, 0) is 38.0 Å². The quantitative estimate of drug-likeness (QED) is 0.807. The van der Waals surface area contributed by atoms with Gasteiger partial charge in [-0.1, -0.05) is 12.1 Å². The molecule has 1 aromatic rings. The molecule has 0 radical (unpaired) electrons. The van der Waals surface area contributed by atoms with Crippen LogP contribution in [0.15, 0.2) is 24.3 Å². The molecule has 3 heteroatoms. The van der Waals surface area contributed by atoms with Gasteiger partial charge in [0, 0.05) is 32.2 Å². The van der Waals surface area contributed by atoms with E-state index in [0.29, 0.717) is 6.04 Å². The molecule has 1 aromatic carbocycles. The van der Waals surface area contributed by atoms with Crippen LogP contribution >= 0.6 is 0 Å². The van der Waals surface area contributed by atoms with Crippen LogP contribution in [-0.2, 0) is 0 Å². The Labute approximate surface area is 110 Å². The Bertz CT molecular complexity index is 367. The van der Waals surface area contributed by atoms with E-state index >= 15 is 0 Å². The molecule has 1 aliphatic rings. The van der Waals surface area contributed by atoms with Crippen molar-refractivity contribution in [2.75, 3.05) is 32.8 Å². The molecule has 2 rings (SSSR count). The second kappa shape index (κ2) is 6.76. The van der Waals surface area contributed by atoms with Gasteiger partial charge in [-0.3, -0.25) is 4.90 Å². The summed E-state index contributed by atoms with van der Waals surface area (Å²) in [5, 5.41) is 3.41. The molecule has 0 bridgehead atoms. The topological polar surface area (TPSA) is 24.5 Å². The predicted molar refractivity (Wildman–Crippen MR) is 75.2 cm³/mol. The fraction of sp³-hybridized carbons (Fsp3) is 0.600. The third-order valence-electron chi connectivity index (χ3n) is 3.49. The molecule has 1 N–H and O–H groups in total. The lowest BCUT2D eigenvalue weighted by atomic mass is 10.2. The summed E-state index contributed by atoms with van der Waals surface area (Å²) in [7, 11) is 0. The minimum atomic E-state index is 0.651. The number of ether oxygens (including phenoxy) is 1. The average Bonchev–Trinajstić information content (AvgIpc) is 2.37. The van der Waals surface area contributed by atoms with E-state index in [9.17, 15) is 0 Å². The Morgan fingerprint density at radius 2 is 2.33 bits per heavy atom. The van der Waals surface area contributed by atoms with Gasteiger partial charge in [0.25, 0.3) is 0 Å². The maximum atomic E-state index is 5.77. The lowest BCUT2D eigenvalue weighted by Gasteiger charge is -2.33. The standard InChI is InChI=1S/C15H24N2O/c1-13-5-3-6-15(11-13)18-10-4-8-17-9-7-16-12-14(17)2/h3,5-6,11,14,16H,4,7-10,12H2,1-2H3/t14-/m0/s1. The van der Waals surface area contributed by atoms with Crippen LogP contribution in [0.25, 0.3) is 0 Å². The van der Waals surface area contributed by atoms with Gasteiger partial charge < -0.3 is 10.1 Å². The third-order valence-corrected chi connectivity index (χ3v) is 3.49. The zero-order valence-corrected chi connectivity index (χ0v) is 11.5. The first kappa shape index (κ1) is 13.4. The van der Waals surface area contributed by atoms with E-state index in [2.05, 4.69) is 36.2 Å². The van der Waals surface area contributed by atoms with Gasteiger partial charge in [-0.2, -0.15) is 0 Å². The Kier molecular flexibility index (Phi) is 5.02. The average molecular weight is 248 g/mol. The van der Waals surface area contributed by atoms with Crippen LogP contribution in [0.4, 0.5) is 0 Å². The SMILES string of the molecule is Cc1cccc(OCCCN2CCNC[C@@H]2C)c1. The third kappa shape index (κ3) is 4.00. The van der Waals surface area contributed by atoms with Crippen molar-refractivity contribution in [2.45, 2.75) is 26.3 Å². The first-order valence-electron chi connectivity index (χ1n) is 6.90. The maximum absolute atomic E-state index is 5.77. The summed E-state index contributed by atoms with van der Waals surface area (Å²) in [5.41, 5.74) is 1.25. The van der Waals surface area contributed by atoms with Crippen molar-refractivity contribution in [1.82, 2.24) is 10.2 Å². The van der Waals surface area contributed by atoms with E-state index in [-0.39, 0.29) is 0 Å². The van der Waals surface area contributed by atoms with Crippen LogP contribution < -0.4 is 10.1 Å². The van der Waals surface area contributed by atoms with E-state index in [1.165, 1.54) is 5.56 Å². The van der Waals surface area contributed by atoms with Crippen LogP contribution in [0.2, 0.25) is 0 Å². The highest BCUT2D eigenvalue weighted by Crippen LogP contribution is 2.12. The van der Waals surface area contributed by atoms with Gasteiger partial charge in [-0.25, -0.2) is 0 Å². The summed E-state index contributed by atoms with van der Waals surface area (Å²) in [5.74, 6) is 0.989. The molecule has 0 aliphatic carbocycles. The number of piperazine rings is 1. The van der Waals surface area contributed by atoms with Crippen LogP contribution in [0.3, 0.4) is 0 Å². The highest BCUT2D eigenvalue weighted by molar-refractivity contribution is 5.27. The Hall–Kier alpha value is -1.06. The number of rotatable bonds is 5. The van der Waals surface area contributed by atoms with Crippen molar-refractivity contribution in [3.63, 3.8) is 0 Å². The van der Waals surface area contributed by atoms with Gasteiger partial charge in [0.2, 0.25) is 0 Å². The van der Waals surface area contributed by atoms with E-state index in [1.807, 2.05) is 12.1 Å². The second-order valence-corrected chi connectivity index (χ2v) is 5.11. The molecule has 1 atom stereocenters. The number of nitrogens with zero attached hydrogens (tertiary/aromatic N) is 1. The van der Waals surface area contributed by atoms with Crippen LogP contribution in [0, 0.1) is 6.92 Å². The molecular formula is C15H24N2O. The molecular weight excluding hydrogens is 224 g/mol. The normalized spacial score (nSPS) is 20.9. The van der Waals surface area contributed by atoms with Crippen molar-refractivity contribution in [3.8, 4) is 5.75 Å². The molecule has 1 heterocycles. The Balaban J connectivity index is 1.66. The van der Waals surface area contributed by atoms with Crippen molar-refractivity contribution < 1.29 is 4.74 Å². The minimum Gasteiger partial charge on any atom is -0.494 e. The van der Waals surface area contributed by atoms with Gasteiger partial charge in [-0.15, -0.1) is 0 Å². The van der Waals surface area contributed by atoms with Gasteiger partial charge in [0.1, 0.15) is 5.75 Å². The first-order chi connectivity index (χ1) is 8.75. The molecule has 1 saturated heterocycles. The van der Waals surface area contributed by atoms with Crippen molar-refractivity contribution in [1.29, 1.82) is 0 Å². The largest absolute Gasteiger partial charge is 0.494 e. The maximum Gasteiger partial charge on any atom is 0.119 e. The number of benzene rings is 1. The molecule has 0 unspecified atom stereocenters. The van der Waals surface area contributed by atoms with Crippen LogP contribution in [-0.4, -0.2) is 43.7 Å². The van der Waals surface area contributed by atoms with Crippen molar-refractivity contribution >= 4 is 0 Å². The van der Waals surface area contributed by atoms with Crippen molar-refractivity contribution in [2.24, 2.45) is 0 Å². The summed E-state index contributed by atoms with van der Waals surface area (Å²) < 4.78 is 5.77. The van der Waals surface area contributed by atoms with Gasteiger partial charge in [0.05, 0.1) is 6.61 Å². The minimum absolute atomic E-state index is 0.651. The monoisotopic (exact) mass is 248 g/mol. The first-order valence-corrected chi connectivity index (χ1v) is 6.90. The van der Waals surface area contributed by atoms with E-state index in [0.717, 1.165) is 45.0 Å². The lowest BCUT2D eigenvalue weighted by Crippen LogP contribution is -2.50. The van der Waals surface area contributed by atoms with Gasteiger partial charge in [0.15, 0.2) is 0 Å². The van der Waals surface area contributed by atoms with E-state index in [1.54, 1.807) is 0 Å². The molecule has 18 heavy (non-hydrogen) atoms. The Morgan fingerprint density at radius 1 is 1.44 bits per heavy atom. The highest BCUT2D eigenvalue weighted by Gasteiger charge is 2.16. The second-order valence-electron chi connectivity index (χ2n) is 5.11. The summed E-state index contributed by atoms with van der Waals surface area (Å²) in [6, 6.07) is 8.91. The molecule has 3 nitrogen and oxygen atoms in total. The fourth-order valence-electron chi connectivity index (χ4n) is 2.38. The molecule has 0 aromatic heterocycles. The molecule has 0 saturated carbocycles. The van der Waals surface area contributed by atoms with Crippen LogP contribution in [0.1, 0.15) is 18.9 Å². The molecule has 100 valence electrons. The highest BCUT2D eigenvalue weighted by atomic mass is 16.5. The number of nitrogens with one attached hydrogen (secondary N) is 1.